The van der Waals surface area contributed by atoms with Crippen molar-refractivity contribution in [2.24, 2.45) is 34.5 Å². The average molecular weight is 453 g/mol. The van der Waals surface area contributed by atoms with E-state index in [0.717, 1.165) is 38.5 Å². The van der Waals surface area contributed by atoms with E-state index in [1.807, 2.05) is 0 Å². The van der Waals surface area contributed by atoms with Gasteiger partial charge in [0.1, 0.15) is 0 Å². The van der Waals surface area contributed by atoms with Gasteiger partial charge in [-0.05, 0) is 92.3 Å². The lowest BCUT2D eigenvalue weighted by molar-refractivity contribution is -0.129. The van der Waals surface area contributed by atoms with Gasteiger partial charge in [-0.2, -0.15) is 16.8 Å². The van der Waals surface area contributed by atoms with Crippen LogP contribution in [0.25, 0.3) is 0 Å². The summed E-state index contributed by atoms with van der Waals surface area (Å²) in [5.41, 5.74) is -0.142. The van der Waals surface area contributed by atoms with E-state index >= 15 is 0 Å². The molecule has 168 valence electrons. The minimum atomic E-state index is -4.46. The molecule has 4 aliphatic carbocycles. The van der Waals surface area contributed by atoms with E-state index in [1.54, 1.807) is 0 Å². The van der Waals surface area contributed by atoms with Gasteiger partial charge in [0.25, 0.3) is 0 Å². The van der Waals surface area contributed by atoms with E-state index in [2.05, 4.69) is 13.8 Å². The van der Waals surface area contributed by atoms with Crippen LogP contribution in [0, 0.1) is 34.5 Å². The Balaban J connectivity index is 1.51. The fraction of sp³-hybridized carbons (Fsp3) is 1.00. The number of rotatable bonds is 4. The highest BCUT2D eigenvalue weighted by atomic mass is 32.3. The molecule has 0 aliphatic heterocycles. The van der Waals surface area contributed by atoms with E-state index in [0.29, 0.717) is 42.9 Å². The summed E-state index contributed by atoms with van der Waals surface area (Å²) in [5.74, 6) is 1.73. The summed E-state index contributed by atoms with van der Waals surface area (Å²) in [6.07, 6.45) is 6.64. The van der Waals surface area contributed by atoms with Gasteiger partial charge in [0.2, 0.25) is 0 Å². The summed E-state index contributed by atoms with van der Waals surface area (Å²) < 4.78 is 73.1. The Bertz CT molecular complexity index is 855. The van der Waals surface area contributed by atoms with Crippen LogP contribution in [0.5, 0.6) is 0 Å². The van der Waals surface area contributed by atoms with Gasteiger partial charge in [-0.25, -0.2) is 8.37 Å². The topological polar surface area (TPSA) is 127 Å². The summed E-state index contributed by atoms with van der Waals surface area (Å²) in [6, 6.07) is 0. The predicted octanol–water partition coefficient (Wildman–Crippen LogP) is 3.41. The largest absolute Gasteiger partial charge is 0.397 e. The molecule has 0 radical (unpaired) electrons. The summed E-state index contributed by atoms with van der Waals surface area (Å²) >= 11 is 0. The normalized spacial score (nSPS) is 47.9. The SMILES string of the molecule is C[C@]12CC[C@@H](OS(=O)(=O)O)C[C@@H]1CC[C@@H]1[C@@H]2CC[C@]2(C)[C@@H](OS(=O)(=O)O)CC[C@@H]12. The lowest BCUT2D eigenvalue weighted by atomic mass is 9.45. The third-order valence-corrected chi connectivity index (χ3v) is 10.0. The third kappa shape index (κ3) is 4.01. The highest BCUT2D eigenvalue weighted by Gasteiger charge is 2.61. The smallest absolute Gasteiger partial charge is 0.264 e. The zero-order valence-corrected chi connectivity index (χ0v) is 18.6. The van der Waals surface area contributed by atoms with Crippen LogP contribution in [-0.2, 0) is 29.2 Å². The second-order valence-electron chi connectivity index (χ2n) is 10.2. The maximum Gasteiger partial charge on any atom is 0.397 e. The van der Waals surface area contributed by atoms with Crippen molar-refractivity contribution < 1.29 is 34.3 Å². The Labute approximate surface area is 173 Å². The van der Waals surface area contributed by atoms with Gasteiger partial charge >= 0.3 is 20.8 Å². The fourth-order valence-corrected chi connectivity index (χ4v) is 8.86. The first kappa shape index (κ1) is 22.0. The average Bonchev–Trinajstić information content (AvgIpc) is 2.89. The molecule has 0 saturated heterocycles. The molecule has 0 spiro atoms. The van der Waals surface area contributed by atoms with Crippen LogP contribution in [0.15, 0.2) is 0 Å². The van der Waals surface area contributed by atoms with Crippen LogP contribution in [0.1, 0.15) is 71.6 Å². The Kier molecular flexibility index (Phi) is 5.40. The van der Waals surface area contributed by atoms with Crippen molar-refractivity contribution in [1.29, 1.82) is 0 Å². The van der Waals surface area contributed by atoms with E-state index in [1.165, 1.54) is 0 Å². The van der Waals surface area contributed by atoms with Crippen molar-refractivity contribution in [2.75, 3.05) is 0 Å². The second-order valence-corrected chi connectivity index (χ2v) is 12.3. The van der Waals surface area contributed by atoms with Gasteiger partial charge in [-0.3, -0.25) is 9.11 Å². The molecule has 0 bridgehead atoms. The maximum absolute atomic E-state index is 11.3. The number of hydrogen-bond acceptors (Lipinski definition) is 6. The van der Waals surface area contributed by atoms with Gasteiger partial charge in [0.05, 0.1) is 12.2 Å². The van der Waals surface area contributed by atoms with Crippen LogP contribution in [0.3, 0.4) is 0 Å². The molecule has 4 fully saturated rings. The quantitative estimate of drug-likeness (QED) is 0.621. The molecular formula is C19H32O8S2. The van der Waals surface area contributed by atoms with Gasteiger partial charge < -0.3 is 0 Å². The molecule has 8 atom stereocenters. The van der Waals surface area contributed by atoms with Crippen molar-refractivity contribution in [3.8, 4) is 0 Å². The van der Waals surface area contributed by atoms with Gasteiger partial charge in [0.15, 0.2) is 0 Å². The summed E-state index contributed by atoms with van der Waals surface area (Å²) in [6.45, 7) is 4.43. The van der Waals surface area contributed by atoms with Crippen molar-refractivity contribution in [2.45, 2.75) is 83.8 Å². The predicted molar refractivity (Wildman–Crippen MR) is 105 cm³/mol. The molecular weight excluding hydrogens is 420 g/mol. The Morgan fingerprint density at radius 1 is 0.759 bits per heavy atom. The van der Waals surface area contributed by atoms with Gasteiger partial charge in [0, 0.05) is 0 Å². The number of fused-ring (bicyclic) bond motifs is 5. The molecule has 0 aromatic heterocycles. The highest BCUT2D eigenvalue weighted by molar-refractivity contribution is 7.81. The second kappa shape index (κ2) is 7.13. The van der Waals surface area contributed by atoms with Gasteiger partial charge in [-0.1, -0.05) is 13.8 Å². The Morgan fingerprint density at radius 3 is 2.03 bits per heavy atom. The lowest BCUT2D eigenvalue weighted by Crippen LogP contribution is -2.54. The van der Waals surface area contributed by atoms with E-state index in [9.17, 15) is 21.4 Å². The minimum Gasteiger partial charge on any atom is -0.264 e. The molecule has 0 aromatic rings. The molecule has 29 heavy (non-hydrogen) atoms. The summed E-state index contributed by atoms with van der Waals surface area (Å²) in [7, 11) is -8.89. The lowest BCUT2D eigenvalue weighted by Gasteiger charge is -2.60. The van der Waals surface area contributed by atoms with E-state index in [4.69, 9.17) is 12.9 Å². The molecule has 4 rings (SSSR count). The molecule has 0 heterocycles. The number of hydrogen-bond donors (Lipinski definition) is 2. The summed E-state index contributed by atoms with van der Waals surface area (Å²) in [5, 5.41) is 0. The first-order valence-electron chi connectivity index (χ1n) is 10.6. The van der Waals surface area contributed by atoms with Crippen LogP contribution in [-0.4, -0.2) is 38.1 Å². The molecule has 10 heteroatoms. The maximum atomic E-state index is 11.3. The first-order valence-corrected chi connectivity index (χ1v) is 13.4. The highest BCUT2D eigenvalue weighted by Crippen LogP contribution is 2.66. The zero-order chi connectivity index (χ0) is 21.2. The standard InChI is InChI=1S/C19H32O8S2/c1-18-9-7-13(26-28(20,21)22)11-12(18)3-4-14-15-5-6-17(27-29(23,24)25)19(15,2)10-8-16(14)18/h12-17H,3-11H2,1-2H3,(H,20,21,22)(H,23,24,25)/t12-,13+,14-,15-,16-,17-,18-,19-/m0/s1. The van der Waals surface area contributed by atoms with Crippen LogP contribution < -0.4 is 0 Å². The molecule has 4 aliphatic rings. The molecule has 0 unspecified atom stereocenters. The van der Waals surface area contributed by atoms with Crippen molar-refractivity contribution in [1.82, 2.24) is 0 Å². The Morgan fingerprint density at radius 2 is 1.38 bits per heavy atom. The molecule has 4 saturated carbocycles. The third-order valence-electron chi connectivity index (χ3n) is 9.03. The molecule has 8 nitrogen and oxygen atoms in total. The van der Waals surface area contributed by atoms with E-state index in [-0.39, 0.29) is 10.8 Å². The molecule has 2 N–H and O–H groups in total. The van der Waals surface area contributed by atoms with Crippen molar-refractivity contribution in [3.05, 3.63) is 0 Å². The van der Waals surface area contributed by atoms with Crippen LogP contribution in [0.4, 0.5) is 0 Å². The van der Waals surface area contributed by atoms with Crippen LogP contribution in [0.2, 0.25) is 0 Å². The minimum absolute atomic E-state index is 0.103. The van der Waals surface area contributed by atoms with Crippen molar-refractivity contribution >= 4 is 20.8 Å². The summed E-state index contributed by atoms with van der Waals surface area (Å²) in [4.78, 5) is 0. The van der Waals surface area contributed by atoms with Gasteiger partial charge in [-0.15, -0.1) is 0 Å². The van der Waals surface area contributed by atoms with E-state index < -0.39 is 33.0 Å². The van der Waals surface area contributed by atoms with Crippen molar-refractivity contribution in [3.63, 3.8) is 0 Å². The monoisotopic (exact) mass is 452 g/mol. The van der Waals surface area contributed by atoms with Crippen LogP contribution >= 0.6 is 0 Å². The molecule has 0 amide bonds. The fourth-order valence-electron chi connectivity index (χ4n) is 7.73. The Hall–Kier alpha value is -0.260. The zero-order valence-electron chi connectivity index (χ0n) is 17.0. The first-order chi connectivity index (χ1) is 13.3. The molecule has 0 aromatic carbocycles.